The first kappa shape index (κ1) is 26.0. The molecule has 0 bridgehead atoms. The number of carbonyl (C=O) groups excluding carboxylic acids is 1. The van der Waals surface area contributed by atoms with Gasteiger partial charge in [-0.05, 0) is 49.8 Å². The number of hydrogen-bond acceptors (Lipinski definition) is 5. The Morgan fingerprint density at radius 3 is 2.66 bits per heavy atom. The monoisotopic (exact) mass is 452 g/mol. The van der Waals surface area contributed by atoms with E-state index in [2.05, 4.69) is 0 Å². The number of benzene rings is 1. The van der Waals surface area contributed by atoms with Crippen molar-refractivity contribution in [2.24, 2.45) is 11.8 Å². The molecule has 1 saturated carbocycles. The SMILES string of the molecule is CCCOC(=O)CCCC=CC[C@@H]1[C@@H](C=CC(F)(F)COc2ccccc2)[C@H](O)C[C@@H]1O. The van der Waals surface area contributed by atoms with Crippen molar-refractivity contribution in [1.29, 1.82) is 0 Å². The fourth-order valence-electron chi connectivity index (χ4n) is 3.73. The van der Waals surface area contributed by atoms with Crippen LogP contribution in [0.1, 0.15) is 45.4 Å². The van der Waals surface area contributed by atoms with Crippen molar-refractivity contribution in [3.05, 3.63) is 54.6 Å². The Hall–Kier alpha value is -2.25. The zero-order valence-electron chi connectivity index (χ0n) is 18.5. The van der Waals surface area contributed by atoms with Crippen molar-refractivity contribution >= 4 is 5.97 Å². The quantitative estimate of drug-likeness (QED) is 0.258. The molecule has 0 heterocycles. The third-order valence-corrected chi connectivity index (χ3v) is 5.45. The Morgan fingerprint density at radius 2 is 1.94 bits per heavy atom. The summed E-state index contributed by atoms with van der Waals surface area (Å²) < 4.78 is 38.6. The van der Waals surface area contributed by atoms with Crippen molar-refractivity contribution in [2.45, 2.75) is 63.6 Å². The summed E-state index contributed by atoms with van der Waals surface area (Å²) in [6.07, 6.45) is 7.31. The molecule has 0 aliphatic heterocycles. The summed E-state index contributed by atoms with van der Waals surface area (Å²) in [6, 6.07) is 8.39. The number of ether oxygens (including phenoxy) is 2. The normalized spacial score (nSPS) is 23.8. The van der Waals surface area contributed by atoms with E-state index in [1.165, 1.54) is 6.08 Å². The minimum absolute atomic E-state index is 0.156. The predicted octanol–water partition coefficient (Wildman–Crippen LogP) is 4.68. The molecule has 0 spiro atoms. The second-order valence-electron chi connectivity index (χ2n) is 8.15. The van der Waals surface area contributed by atoms with Crippen LogP contribution in [0.5, 0.6) is 5.75 Å². The molecular weight excluding hydrogens is 418 g/mol. The summed E-state index contributed by atoms with van der Waals surface area (Å²) in [5.74, 6) is -3.97. The second kappa shape index (κ2) is 13.3. The first-order valence-electron chi connectivity index (χ1n) is 11.2. The van der Waals surface area contributed by atoms with Gasteiger partial charge >= 0.3 is 5.97 Å². The van der Waals surface area contributed by atoms with E-state index in [0.29, 0.717) is 38.0 Å². The third kappa shape index (κ3) is 9.09. The van der Waals surface area contributed by atoms with Gasteiger partial charge in [0.15, 0.2) is 6.61 Å². The van der Waals surface area contributed by atoms with E-state index in [1.807, 2.05) is 19.1 Å². The van der Waals surface area contributed by atoms with Gasteiger partial charge < -0.3 is 19.7 Å². The highest BCUT2D eigenvalue weighted by molar-refractivity contribution is 5.69. The van der Waals surface area contributed by atoms with E-state index in [4.69, 9.17) is 9.47 Å². The molecule has 32 heavy (non-hydrogen) atoms. The maximum atomic E-state index is 14.2. The average molecular weight is 453 g/mol. The number of halogens is 2. The van der Waals surface area contributed by atoms with Crippen LogP contribution in [0.15, 0.2) is 54.6 Å². The molecule has 1 aromatic rings. The molecule has 2 N–H and O–H groups in total. The van der Waals surface area contributed by atoms with E-state index < -0.39 is 30.7 Å². The summed E-state index contributed by atoms with van der Waals surface area (Å²) in [6.45, 7) is 1.57. The molecule has 0 aromatic heterocycles. The summed E-state index contributed by atoms with van der Waals surface area (Å²) in [7, 11) is 0. The molecule has 7 heteroatoms. The molecule has 0 amide bonds. The Kier molecular flexibility index (Phi) is 10.8. The molecule has 0 saturated heterocycles. The fourth-order valence-corrected chi connectivity index (χ4v) is 3.73. The van der Waals surface area contributed by atoms with Gasteiger partial charge in [-0.25, -0.2) is 0 Å². The fraction of sp³-hybridized carbons (Fsp3) is 0.560. The minimum Gasteiger partial charge on any atom is -0.487 e. The van der Waals surface area contributed by atoms with Crippen LogP contribution in [0, 0.1) is 11.8 Å². The van der Waals surface area contributed by atoms with Crippen molar-refractivity contribution in [1.82, 2.24) is 0 Å². The highest BCUT2D eigenvalue weighted by Crippen LogP contribution is 2.37. The number of carbonyl (C=O) groups is 1. The Balaban J connectivity index is 1.82. The van der Waals surface area contributed by atoms with Crippen LogP contribution < -0.4 is 4.74 Å². The predicted molar refractivity (Wildman–Crippen MR) is 118 cm³/mol. The lowest BCUT2D eigenvalue weighted by Crippen LogP contribution is -2.25. The second-order valence-corrected chi connectivity index (χ2v) is 8.15. The van der Waals surface area contributed by atoms with Gasteiger partial charge in [-0.2, -0.15) is 8.78 Å². The van der Waals surface area contributed by atoms with Crippen molar-refractivity contribution in [3.8, 4) is 5.75 Å². The van der Waals surface area contributed by atoms with Gasteiger partial charge in [0.25, 0.3) is 5.92 Å². The molecule has 5 nitrogen and oxygen atoms in total. The number of hydrogen-bond donors (Lipinski definition) is 2. The minimum atomic E-state index is -3.20. The van der Waals surface area contributed by atoms with E-state index in [9.17, 15) is 23.8 Å². The Bertz CT molecular complexity index is 735. The van der Waals surface area contributed by atoms with Gasteiger partial charge in [-0.3, -0.25) is 4.79 Å². The zero-order valence-corrected chi connectivity index (χ0v) is 18.5. The standard InChI is InChI=1S/C25H34F2O5/c1-2-16-31-24(30)13-9-4-3-8-12-20-21(23(29)17-22(20)28)14-15-25(26,27)18-32-19-10-6-5-7-11-19/h3,5-8,10-11,14-15,20-23,28-29H,2,4,9,12-13,16-18H2,1H3/t20-,21-,22+,23-/m1/s1. The van der Waals surface area contributed by atoms with Gasteiger partial charge in [-0.15, -0.1) is 0 Å². The molecule has 1 fully saturated rings. The first-order valence-corrected chi connectivity index (χ1v) is 11.2. The first-order chi connectivity index (χ1) is 15.3. The number of unbranched alkanes of at least 4 members (excludes halogenated alkanes) is 1. The van der Waals surface area contributed by atoms with E-state index in [-0.39, 0.29) is 18.3 Å². The Morgan fingerprint density at radius 1 is 1.19 bits per heavy atom. The van der Waals surface area contributed by atoms with Gasteiger partial charge in [0.1, 0.15) is 5.75 Å². The number of aliphatic hydroxyl groups excluding tert-OH is 2. The molecule has 0 unspecified atom stereocenters. The van der Waals surface area contributed by atoms with Crippen LogP contribution in [-0.2, 0) is 9.53 Å². The van der Waals surface area contributed by atoms with Crippen LogP contribution in [-0.4, -0.2) is 47.5 Å². The molecule has 1 aromatic carbocycles. The maximum Gasteiger partial charge on any atom is 0.305 e. The number of allylic oxidation sites excluding steroid dienone is 2. The number of esters is 1. The largest absolute Gasteiger partial charge is 0.487 e. The maximum absolute atomic E-state index is 14.2. The van der Waals surface area contributed by atoms with E-state index in [0.717, 1.165) is 12.5 Å². The number of alkyl halides is 2. The van der Waals surface area contributed by atoms with Gasteiger partial charge in [0.05, 0.1) is 18.8 Å². The number of para-hydroxylation sites is 1. The summed E-state index contributed by atoms with van der Waals surface area (Å²) in [5, 5.41) is 20.5. The third-order valence-electron chi connectivity index (χ3n) is 5.45. The van der Waals surface area contributed by atoms with Crippen molar-refractivity contribution in [2.75, 3.05) is 13.2 Å². The summed E-state index contributed by atoms with van der Waals surface area (Å²) in [5.41, 5.74) is 0. The molecule has 4 atom stereocenters. The smallest absolute Gasteiger partial charge is 0.305 e. The van der Waals surface area contributed by atoms with Crippen LogP contribution in [0.3, 0.4) is 0 Å². The molecule has 1 aliphatic carbocycles. The molecular formula is C25H34F2O5. The number of rotatable bonds is 13. The van der Waals surface area contributed by atoms with Crippen LogP contribution >= 0.6 is 0 Å². The van der Waals surface area contributed by atoms with Crippen LogP contribution in [0.25, 0.3) is 0 Å². The highest BCUT2D eigenvalue weighted by atomic mass is 19.3. The van der Waals surface area contributed by atoms with Gasteiger partial charge in [0, 0.05) is 18.8 Å². The zero-order chi connectivity index (χ0) is 23.4. The molecule has 0 radical (unpaired) electrons. The summed E-state index contributed by atoms with van der Waals surface area (Å²) in [4.78, 5) is 11.5. The van der Waals surface area contributed by atoms with Crippen LogP contribution in [0.2, 0.25) is 0 Å². The summed E-state index contributed by atoms with van der Waals surface area (Å²) >= 11 is 0. The van der Waals surface area contributed by atoms with E-state index in [1.54, 1.807) is 30.3 Å². The lowest BCUT2D eigenvalue weighted by atomic mass is 9.89. The topological polar surface area (TPSA) is 76.0 Å². The van der Waals surface area contributed by atoms with Gasteiger partial charge in [-0.1, -0.05) is 43.4 Å². The number of aliphatic hydroxyl groups is 2. The van der Waals surface area contributed by atoms with E-state index >= 15 is 0 Å². The van der Waals surface area contributed by atoms with Gasteiger partial charge in [0.2, 0.25) is 0 Å². The lowest BCUT2D eigenvalue weighted by Gasteiger charge is -2.20. The highest BCUT2D eigenvalue weighted by Gasteiger charge is 2.40. The molecule has 178 valence electrons. The van der Waals surface area contributed by atoms with Crippen molar-refractivity contribution < 1.29 is 33.3 Å². The van der Waals surface area contributed by atoms with Crippen molar-refractivity contribution in [3.63, 3.8) is 0 Å². The molecule has 1 aliphatic rings. The Labute approximate surface area is 188 Å². The van der Waals surface area contributed by atoms with Crippen LogP contribution in [0.4, 0.5) is 8.78 Å². The average Bonchev–Trinajstić information content (AvgIpc) is 3.04. The lowest BCUT2D eigenvalue weighted by molar-refractivity contribution is -0.143. The molecule has 2 rings (SSSR count).